The molecule has 0 aliphatic carbocycles. The summed E-state index contributed by atoms with van der Waals surface area (Å²) in [5, 5.41) is 3.16. The van der Waals surface area contributed by atoms with Gasteiger partial charge in [-0.3, -0.25) is 0 Å². The summed E-state index contributed by atoms with van der Waals surface area (Å²) in [4.78, 5) is 4.16. The second kappa shape index (κ2) is 6.99. The molecule has 0 saturated carbocycles. The fourth-order valence-corrected chi connectivity index (χ4v) is 1.30. The van der Waals surface area contributed by atoms with Crippen molar-refractivity contribution in [1.82, 2.24) is 4.98 Å². The van der Waals surface area contributed by atoms with Crippen LogP contribution in [-0.4, -0.2) is 4.98 Å². The van der Waals surface area contributed by atoms with Gasteiger partial charge in [0.05, 0.1) is 5.69 Å². The number of aryl methyl sites for hydroxylation is 1. The van der Waals surface area contributed by atoms with Gasteiger partial charge in [-0.1, -0.05) is 17.7 Å². The maximum atomic E-state index is 5.77. The standard InChI is InChI=1S/C12H13N3.2ClH/c1-9-4-6-10(7-5-9)15-12-11(13)3-2-8-14-12;;/h2-8H,13H2,1H3,(H,14,15);2*1H. The highest BCUT2D eigenvalue weighted by Crippen LogP contribution is 2.19. The van der Waals surface area contributed by atoms with Gasteiger partial charge in [-0.25, -0.2) is 4.98 Å². The fraction of sp³-hybridized carbons (Fsp3) is 0.0833. The van der Waals surface area contributed by atoms with E-state index in [-0.39, 0.29) is 24.8 Å². The van der Waals surface area contributed by atoms with Gasteiger partial charge < -0.3 is 11.1 Å². The predicted molar refractivity (Wildman–Crippen MR) is 77.6 cm³/mol. The van der Waals surface area contributed by atoms with E-state index in [4.69, 9.17) is 5.73 Å². The van der Waals surface area contributed by atoms with Crippen molar-refractivity contribution >= 4 is 42.0 Å². The van der Waals surface area contributed by atoms with E-state index in [1.54, 1.807) is 6.20 Å². The van der Waals surface area contributed by atoms with Crippen LogP contribution in [0.15, 0.2) is 42.6 Å². The highest BCUT2D eigenvalue weighted by atomic mass is 35.5. The van der Waals surface area contributed by atoms with Crippen LogP contribution in [0, 0.1) is 6.92 Å². The van der Waals surface area contributed by atoms with Gasteiger partial charge in [-0.15, -0.1) is 24.8 Å². The molecule has 17 heavy (non-hydrogen) atoms. The molecule has 0 fully saturated rings. The Hall–Kier alpha value is -1.45. The van der Waals surface area contributed by atoms with Gasteiger partial charge in [-0.05, 0) is 31.2 Å². The van der Waals surface area contributed by atoms with Crippen LogP contribution in [0.1, 0.15) is 5.56 Å². The van der Waals surface area contributed by atoms with Gasteiger partial charge in [0.2, 0.25) is 0 Å². The molecule has 0 amide bonds. The Balaban J connectivity index is 0.00000128. The van der Waals surface area contributed by atoms with Crippen LogP contribution in [0.3, 0.4) is 0 Å². The number of nitrogen functional groups attached to an aromatic ring is 1. The minimum absolute atomic E-state index is 0. The first-order chi connectivity index (χ1) is 7.25. The van der Waals surface area contributed by atoms with E-state index < -0.39 is 0 Å². The molecule has 0 aliphatic heterocycles. The molecule has 0 saturated heterocycles. The summed E-state index contributed by atoms with van der Waals surface area (Å²) in [5.41, 5.74) is 8.65. The number of pyridine rings is 1. The van der Waals surface area contributed by atoms with E-state index >= 15 is 0 Å². The number of anilines is 3. The molecule has 3 nitrogen and oxygen atoms in total. The monoisotopic (exact) mass is 271 g/mol. The molecule has 5 heteroatoms. The molecule has 0 atom stereocenters. The average Bonchev–Trinajstić information content (AvgIpc) is 2.25. The molecule has 0 spiro atoms. The summed E-state index contributed by atoms with van der Waals surface area (Å²) in [6.45, 7) is 2.05. The topological polar surface area (TPSA) is 50.9 Å². The first-order valence-corrected chi connectivity index (χ1v) is 4.80. The van der Waals surface area contributed by atoms with Crippen molar-refractivity contribution in [3.05, 3.63) is 48.2 Å². The zero-order valence-electron chi connectivity index (χ0n) is 9.38. The van der Waals surface area contributed by atoms with Gasteiger partial charge in [0.1, 0.15) is 0 Å². The SMILES string of the molecule is Cc1ccc(Nc2ncccc2N)cc1.Cl.Cl. The molecular formula is C12H15Cl2N3. The minimum atomic E-state index is 0. The summed E-state index contributed by atoms with van der Waals surface area (Å²) < 4.78 is 0. The van der Waals surface area contributed by atoms with Crippen molar-refractivity contribution < 1.29 is 0 Å². The number of benzene rings is 1. The summed E-state index contributed by atoms with van der Waals surface area (Å²) >= 11 is 0. The van der Waals surface area contributed by atoms with Gasteiger partial charge in [0.25, 0.3) is 0 Å². The Morgan fingerprint density at radius 1 is 1.06 bits per heavy atom. The number of halogens is 2. The summed E-state index contributed by atoms with van der Waals surface area (Å²) in [5.74, 6) is 0.696. The van der Waals surface area contributed by atoms with E-state index in [0.717, 1.165) is 5.69 Å². The van der Waals surface area contributed by atoms with Crippen molar-refractivity contribution in [2.45, 2.75) is 6.92 Å². The van der Waals surface area contributed by atoms with E-state index in [2.05, 4.69) is 17.2 Å². The van der Waals surface area contributed by atoms with Crippen molar-refractivity contribution in [1.29, 1.82) is 0 Å². The molecule has 3 N–H and O–H groups in total. The molecule has 1 aromatic carbocycles. The predicted octanol–water partition coefficient (Wildman–Crippen LogP) is 3.56. The number of nitrogens with two attached hydrogens (primary N) is 1. The molecule has 0 unspecified atom stereocenters. The third-order valence-electron chi connectivity index (χ3n) is 2.15. The van der Waals surface area contributed by atoms with Crippen LogP contribution in [0.5, 0.6) is 0 Å². The molecule has 0 bridgehead atoms. The Kier molecular flexibility index (Phi) is 6.39. The lowest BCUT2D eigenvalue weighted by atomic mass is 10.2. The minimum Gasteiger partial charge on any atom is -0.396 e. The van der Waals surface area contributed by atoms with Crippen LogP contribution in [0.2, 0.25) is 0 Å². The van der Waals surface area contributed by atoms with Crippen LogP contribution >= 0.6 is 24.8 Å². The van der Waals surface area contributed by atoms with Gasteiger partial charge in [-0.2, -0.15) is 0 Å². The quantitative estimate of drug-likeness (QED) is 0.878. The molecule has 0 radical (unpaired) electrons. The van der Waals surface area contributed by atoms with Crippen LogP contribution in [0.25, 0.3) is 0 Å². The number of rotatable bonds is 2. The van der Waals surface area contributed by atoms with Crippen molar-refractivity contribution in [2.75, 3.05) is 11.1 Å². The molecule has 2 rings (SSSR count). The maximum absolute atomic E-state index is 5.77. The van der Waals surface area contributed by atoms with Crippen molar-refractivity contribution in [3.63, 3.8) is 0 Å². The molecule has 1 heterocycles. The van der Waals surface area contributed by atoms with E-state index in [0.29, 0.717) is 11.5 Å². The number of aromatic nitrogens is 1. The molecular weight excluding hydrogens is 257 g/mol. The Labute approximate surface area is 113 Å². The summed E-state index contributed by atoms with van der Waals surface area (Å²) in [6, 6.07) is 11.7. The Bertz CT molecular complexity index is 458. The number of hydrogen-bond donors (Lipinski definition) is 2. The fourth-order valence-electron chi connectivity index (χ4n) is 1.30. The zero-order chi connectivity index (χ0) is 10.7. The van der Waals surface area contributed by atoms with Crippen LogP contribution in [0.4, 0.5) is 17.2 Å². The summed E-state index contributed by atoms with van der Waals surface area (Å²) in [6.07, 6.45) is 1.72. The summed E-state index contributed by atoms with van der Waals surface area (Å²) in [7, 11) is 0. The lowest BCUT2D eigenvalue weighted by molar-refractivity contribution is 1.31. The lowest BCUT2D eigenvalue weighted by Gasteiger charge is -2.07. The smallest absolute Gasteiger partial charge is 0.153 e. The van der Waals surface area contributed by atoms with Crippen LogP contribution < -0.4 is 11.1 Å². The number of nitrogens with one attached hydrogen (secondary N) is 1. The van der Waals surface area contributed by atoms with Gasteiger partial charge in [0.15, 0.2) is 5.82 Å². The van der Waals surface area contributed by atoms with Gasteiger partial charge in [0, 0.05) is 11.9 Å². The second-order valence-electron chi connectivity index (χ2n) is 3.43. The number of nitrogens with zero attached hydrogens (tertiary/aromatic N) is 1. The van der Waals surface area contributed by atoms with Crippen LogP contribution in [-0.2, 0) is 0 Å². The highest BCUT2D eigenvalue weighted by molar-refractivity contribution is 5.85. The van der Waals surface area contributed by atoms with Gasteiger partial charge >= 0.3 is 0 Å². The Morgan fingerprint density at radius 3 is 2.29 bits per heavy atom. The van der Waals surface area contributed by atoms with Crippen molar-refractivity contribution in [3.8, 4) is 0 Å². The number of hydrogen-bond acceptors (Lipinski definition) is 3. The van der Waals surface area contributed by atoms with E-state index in [1.165, 1.54) is 5.56 Å². The largest absolute Gasteiger partial charge is 0.396 e. The first kappa shape index (κ1) is 15.6. The maximum Gasteiger partial charge on any atom is 0.153 e. The molecule has 1 aromatic heterocycles. The van der Waals surface area contributed by atoms with E-state index in [9.17, 15) is 0 Å². The lowest BCUT2D eigenvalue weighted by Crippen LogP contribution is -1.98. The zero-order valence-corrected chi connectivity index (χ0v) is 11.0. The molecule has 92 valence electrons. The third-order valence-corrected chi connectivity index (χ3v) is 2.15. The molecule has 2 aromatic rings. The normalized spacial score (nSPS) is 8.76. The highest BCUT2D eigenvalue weighted by Gasteiger charge is 1.98. The Morgan fingerprint density at radius 2 is 1.71 bits per heavy atom. The molecule has 0 aliphatic rings. The van der Waals surface area contributed by atoms with Crippen molar-refractivity contribution in [2.24, 2.45) is 0 Å². The first-order valence-electron chi connectivity index (χ1n) is 4.80. The second-order valence-corrected chi connectivity index (χ2v) is 3.43. The third kappa shape index (κ3) is 4.13. The average molecular weight is 272 g/mol. The van der Waals surface area contributed by atoms with E-state index in [1.807, 2.05) is 36.4 Å².